The minimum atomic E-state index is -1.30. The number of rotatable bonds is 21. The number of hydrogen-bond acceptors (Lipinski definition) is 14. The second-order valence-corrected chi connectivity index (χ2v) is 18.0. The monoisotopic (exact) mass is 955 g/mol. The number of hydrogen-bond donors (Lipinski definition) is 8. The largest absolute Gasteiger partial charge is 0.480 e. The lowest BCUT2D eigenvalue weighted by Gasteiger charge is -2.39. The van der Waals surface area contributed by atoms with Crippen LogP contribution in [0.4, 0.5) is 15.3 Å². The van der Waals surface area contributed by atoms with Gasteiger partial charge in [0.05, 0.1) is 43.4 Å². The predicted molar refractivity (Wildman–Crippen MR) is 247 cm³/mol. The van der Waals surface area contributed by atoms with Gasteiger partial charge in [0.25, 0.3) is 0 Å². The lowest BCUT2D eigenvalue weighted by Crippen LogP contribution is -2.53. The maximum Gasteiger partial charge on any atom is 0.426 e. The Morgan fingerprint density at radius 2 is 1.71 bits per heavy atom. The van der Waals surface area contributed by atoms with E-state index in [4.69, 9.17) is 35.2 Å². The average molecular weight is 956 g/mol. The molecule has 3 fully saturated rings. The van der Waals surface area contributed by atoms with Gasteiger partial charge < -0.3 is 56.0 Å². The second kappa shape index (κ2) is 25.5. The van der Waals surface area contributed by atoms with Crippen molar-refractivity contribution in [1.29, 1.82) is 0 Å². The molecule has 0 aromatic heterocycles. The molecule has 0 bridgehead atoms. The van der Waals surface area contributed by atoms with Crippen molar-refractivity contribution in [2.24, 2.45) is 23.3 Å². The molecular weight excluding hydrogens is 887 g/mol. The van der Waals surface area contributed by atoms with E-state index in [0.29, 0.717) is 25.0 Å². The van der Waals surface area contributed by atoms with E-state index in [-0.39, 0.29) is 80.5 Å². The van der Waals surface area contributed by atoms with Gasteiger partial charge in [-0.25, -0.2) is 19.8 Å². The molecule has 3 heterocycles. The quantitative estimate of drug-likeness (QED) is 0.0219. The zero-order valence-corrected chi connectivity index (χ0v) is 39.8. The first-order chi connectivity index (χ1) is 32.1. The molecule has 10 N–H and O–H groups in total. The number of carbonyl (C=O) groups is 7. The number of carbonyl (C=O) groups excluding carboxylic acids is 6. The standard InChI is InChI=1S/C47H69N7O14/c1-26(2)41(48)43(59)54(36(44(60)61)9-8-20-50-45(49)62)33-15-13-32(14-16-33)24-64-46(63)53-52-40(57)22-34-23-47(25-65-47)42(58)38(68-34)18-11-27(3)10-17-37-28(4)21-35(30(6)67-37)51-39(56)19-12-29(5)66-31(7)55/h10-16,18-19,26,28-30,34-38,41-42,58H,8-9,17,20-25,48H2,1-7H3,(H,51,56)(H,52,57)(H,53,63)(H,60,61)(H3,49,50,62)/b18-11+,19-12-,27-10+/t28-,29-,30+,34+,35+,36-,37-,38+,41-,42+,47+/m0/s1. The number of carboxylic acids is 1. The predicted octanol–water partition coefficient (Wildman–Crippen LogP) is 2.54. The number of amides is 6. The molecule has 1 spiro atoms. The summed E-state index contributed by atoms with van der Waals surface area (Å²) in [4.78, 5) is 87.2. The summed E-state index contributed by atoms with van der Waals surface area (Å²) in [6.07, 6.45) is 5.87. The van der Waals surface area contributed by atoms with E-state index in [1.54, 1.807) is 39.0 Å². The zero-order valence-electron chi connectivity index (χ0n) is 39.8. The van der Waals surface area contributed by atoms with Crippen LogP contribution in [-0.4, -0.2) is 125 Å². The van der Waals surface area contributed by atoms with Crippen molar-refractivity contribution in [2.45, 2.75) is 154 Å². The van der Waals surface area contributed by atoms with Gasteiger partial charge in [-0.15, -0.1) is 0 Å². The average Bonchev–Trinajstić information content (AvgIpc) is 4.05. The zero-order chi connectivity index (χ0) is 50.3. The molecule has 0 radical (unpaired) electrons. The summed E-state index contributed by atoms with van der Waals surface area (Å²) < 4.78 is 28.4. The lowest BCUT2D eigenvalue weighted by molar-refractivity contribution is -0.146. The van der Waals surface area contributed by atoms with Crippen LogP contribution in [0.25, 0.3) is 0 Å². The number of esters is 1. The van der Waals surface area contributed by atoms with Crippen LogP contribution in [-0.2, 0) is 54.3 Å². The second-order valence-electron chi connectivity index (χ2n) is 18.0. The van der Waals surface area contributed by atoms with Crippen molar-refractivity contribution in [3.05, 3.63) is 65.8 Å². The number of ether oxygens (including phenoxy) is 5. The highest BCUT2D eigenvalue weighted by Gasteiger charge is 2.58. The molecule has 4 rings (SSSR count). The minimum Gasteiger partial charge on any atom is -0.480 e. The van der Waals surface area contributed by atoms with Crippen molar-refractivity contribution in [3.8, 4) is 0 Å². The van der Waals surface area contributed by atoms with Crippen molar-refractivity contribution in [1.82, 2.24) is 21.5 Å². The Morgan fingerprint density at radius 3 is 2.32 bits per heavy atom. The van der Waals surface area contributed by atoms with Crippen LogP contribution in [0.1, 0.15) is 92.6 Å². The molecule has 1 aromatic carbocycles. The van der Waals surface area contributed by atoms with E-state index in [0.717, 1.165) is 10.5 Å². The van der Waals surface area contributed by atoms with Crippen LogP contribution in [0.5, 0.6) is 0 Å². The fraction of sp³-hybridized carbons (Fsp3) is 0.596. The number of epoxide rings is 1. The number of urea groups is 1. The summed E-state index contributed by atoms with van der Waals surface area (Å²) in [5.74, 6) is -3.33. The highest BCUT2D eigenvalue weighted by atomic mass is 16.6. The molecule has 0 aliphatic carbocycles. The van der Waals surface area contributed by atoms with Gasteiger partial charge in [0, 0.05) is 31.7 Å². The third kappa shape index (κ3) is 16.7. The third-order valence-corrected chi connectivity index (χ3v) is 12.0. The van der Waals surface area contributed by atoms with Crippen molar-refractivity contribution in [2.75, 3.05) is 18.1 Å². The van der Waals surface area contributed by atoms with E-state index >= 15 is 0 Å². The highest BCUT2D eigenvalue weighted by molar-refractivity contribution is 6.02. The molecule has 1 aromatic rings. The summed E-state index contributed by atoms with van der Waals surface area (Å²) in [6, 6.07) is 2.85. The maximum atomic E-state index is 13.5. The molecular formula is C47H69N7O14. The first-order valence-electron chi connectivity index (χ1n) is 22.9. The van der Waals surface area contributed by atoms with Crippen LogP contribution in [0.2, 0.25) is 0 Å². The number of nitrogens with zero attached hydrogens (tertiary/aromatic N) is 1. The number of primary amides is 1. The summed E-state index contributed by atoms with van der Waals surface area (Å²) in [5, 5.41) is 26.6. The Hall–Kier alpha value is -5.87. The first kappa shape index (κ1) is 54.7. The molecule has 0 saturated carbocycles. The fourth-order valence-corrected chi connectivity index (χ4v) is 7.98. The number of nitrogens with one attached hydrogen (secondary N) is 4. The first-order valence-corrected chi connectivity index (χ1v) is 22.9. The molecule has 3 saturated heterocycles. The Labute approximate surface area is 396 Å². The SMILES string of the molecule is CC(=O)O[C@@H](C)/C=C\C(=O)N[C@@H]1C[C@H](C)[C@H](C/C=C(C)/C=C/[C@H]2O[C@H](CC(=O)NNC(=O)OCc3ccc(N(C(=O)[C@@H](N)C(C)C)[C@@H](CCCNC(N)=O)C(=O)O)cc3)C[C@@]3(CO3)[C@@H]2O)O[C@@H]1C. The van der Waals surface area contributed by atoms with Gasteiger partial charge in [0.2, 0.25) is 17.7 Å². The number of hydrazine groups is 1. The molecule has 376 valence electrons. The van der Waals surface area contributed by atoms with Gasteiger partial charge in [-0.05, 0) is 82.1 Å². The molecule has 68 heavy (non-hydrogen) atoms. The maximum absolute atomic E-state index is 13.5. The molecule has 21 heteroatoms. The van der Waals surface area contributed by atoms with E-state index in [2.05, 4.69) is 28.4 Å². The normalized spacial score (nSPS) is 26.1. The summed E-state index contributed by atoms with van der Waals surface area (Å²) in [7, 11) is 0. The number of anilines is 1. The van der Waals surface area contributed by atoms with Crippen LogP contribution >= 0.6 is 0 Å². The van der Waals surface area contributed by atoms with Gasteiger partial charge in [-0.2, -0.15) is 0 Å². The lowest BCUT2D eigenvalue weighted by atomic mass is 9.87. The molecule has 11 atom stereocenters. The van der Waals surface area contributed by atoms with E-state index in [1.807, 2.05) is 26.0 Å². The van der Waals surface area contributed by atoms with Gasteiger partial charge in [-0.3, -0.25) is 29.5 Å². The fourth-order valence-electron chi connectivity index (χ4n) is 7.98. The topological polar surface area (TPSA) is 313 Å². The molecule has 3 aliphatic heterocycles. The number of carboxylic acid groups (broad SMARTS) is 1. The van der Waals surface area contributed by atoms with Crippen molar-refractivity contribution in [3.63, 3.8) is 0 Å². The van der Waals surface area contributed by atoms with Crippen LogP contribution in [0, 0.1) is 11.8 Å². The number of aliphatic hydroxyl groups is 1. The molecule has 21 nitrogen and oxygen atoms in total. The smallest absolute Gasteiger partial charge is 0.426 e. The van der Waals surface area contributed by atoms with Gasteiger partial charge in [0.1, 0.15) is 36.6 Å². The summed E-state index contributed by atoms with van der Waals surface area (Å²) in [5.41, 5.74) is 16.6. The van der Waals surface area contributed by atoms with Gasteiger partial charge in [0.15, 0.2) is 0 Å². The number of aliphatic carboxylic acids is 1. The van der Waals surface area contributed by atoms with E-state index in [1.165, 1.54) is 31.2 Å². The number of nitrogens with two attached hydrogens (primary N) is 2. The van der Waals surface area contributed by atoms with Crippen molar-refractivity contribution < 1.29 is 67.5 Å². The van der Waals surface area contributed by atoms with E-state index in [9.17, 15) is 43.8 Å². The van der Waals surface area contributed by atoms with Crippen LogP contribution < -0.4 is 37.9 Å². The van der Waals surface area contributed by atoms with Crippen LogP contribution in [0.15, 0.2) is 60.2 Å². The summed E-state index contributed by atoms with van der Waals surface area (Å²) >= 11 is 0. The Kier molecular flexibility index (Phi) is 20.5. The number of allylic oxidation sites excluding steroid dienone is 2. The number of benzene rings is 1. The van der Waals surface area contributed by atoms with Gasteiger partial charge >= 0.3 is 24.1 Å². The highest BCUT2D eigenvalue weighted by Crippen LogP contribution is 2.43. The van der Waals surface area contributed by atoms with E-state index < -0.39 is 78.0 Å². The van der Waals surface area contributed by atoms with Crippen LogP contribution in [0.3, 0.4) is 0 Å². The van der Waals surface area contributed by atoms with Crippen molar-refractivity contribution >= 4 is 47.5 Å². The Bertz CT molecular complexity index is 2020. The van der Waals surface area contributed by atoms with Gasteiger partial charge in [-0.1, -0.05) is 56.7 Å². The molecule has 3 aliphatic rings. The molecule has 6 amide bonds. The Morgan fingerprint density at radius 1 is 1.01 bits per heavy atom. The molecule has 0 unspecified atom stereocenters. The minimum absolute atomic E-state index is 0.00558. The summed E-state index contributed by atoms with van der Waals surface area (Å²) in [6.45, 7) is 12.5. The number of aliphatic hydroxyl groups excluding tert-OH is 1. The Balaban J connectivity index is 1.25. The third-order valence-electron chi connectivity index (χ3n) is 12.0.